The minimum atomic E-state index is 0.0718. The van der Waals surface area contributed by atoms with Gasteiger partial charge in [0.05, 0.1) is 18.8 Å². The Kier molecular flexibility index (Phi) is 7.50. The minimum Gasteiger partial charge on any atom is -0.491 e. The highest BCUT2D eigenvalue weighted by Gasteiger charge is 2.05. The van der Waals surface area contributed by atoms with Crippen LogP contribution in [0.15, 0.2) is 24.3 Å². The normalized spacial score (nSPS) is 10.6. The lowest BCUT2D eigenvalue weighted by Gasteiger charge is -2.16. The molecule has 0 atom stereocenters. The third-order valence-corrected chi connectivity index (χ3v) is 2.85. The molecule has 0 aliphatic carbocycles. The van der Waals surface area contributed by atoms with Crippen molar-refractivity contribution in [2.75, 3.05) is 39.0 Å². The summed E-state index contributed by atoms with van der Waals surface area (Å²) in [7, 11) is 1.93. The van der Waals surface area contributed by atoms with E-state index >= 15 is 0 Å². The third-order valence-electron chi connectivity index (χ3n) is 2.85. The van der Waals surface area contributed by atoms with Crippen LogP contribution in [-0.2, 0) is 4.79 Å². The molecule has 20 heavy (non-hydrogen) atoms. The molecule has 0 radical (unpaired) electrons. The second-order valence-corrected chi connectivity index (χ2v) is 4.83. The Morgan fingerprint density at radius 2 is 2.15 bits per heavy atom. The van der Waals surface area contributed by atoms with Crippen LogP contribution in [0, 0.1) is 0 Å². The number of carbonyl (C=O) groups is 1. The summed E-state index contributed by atoms with van der Waals surface area (Å²) in [6.45, 7) is 4.61. The number of benzene rings is 1. The third kappa shape index (κ3) is 6.43. The van der Waals surface area contributed by atoms with Gasteiger partial charge in [0.1, 0.15) is 5.75 Å². The van der Waals surface area contributed by atoms with E-state index in [4.69, 9.17) is 10.5 Å². The number of hydrogen-bond donors (Lipinski definition) is 2. The fourth-order valence-corrected chi connectivity index (χ4v) is 1.77. The van der Waals surface area contributed by atoms with Crippen LogP contribution in [0.5, 0.6) is 5.75 Å². The summed E-state index contributed by atoms with van der Waals surface area (Å²) in [4.78, 5) is 13.5. The molecule has 1 amide bonds. The van der Waals surface area contributed by atoms with E-state index in [-0.39, 0.29) is 5.91 Å². The first-order chi connectivity index (χ1) is 9.63. The number of nitrogen functional groups attached to an aromatic ring is 1. The highest BCUT2D eigenvalue weighted by atomic mass is 16.5. The van der Waals surface area contributed by atoms with Gasteiger partial charge in [-0.25, -0.2) is 0 Å². The zero-order valence-corrected chi connectivity index (χ0v) is 12.4. The van der Waals surface area contributed by atoms with Crippen molar-refractivity contribution in [3.05, 3.63) is 24.3 Å². The number of ether oxygens (including phenoxy) is 1. The predicted molar refractivity (Wildman–Crippen MR) is 81.8 cm³/mol. The Labute approximate surface area is 121 Å². The van der Waals surface area contributed by atoms with Crippen LogP contribution < -0.4 is 15.8 Å². The largest absolute Gasteiger partial charge is 0.491 e. The topological polar surface area (TPSA) is 67.6 Å². The Balaban J connectivity index is 2.14. The van der Waals surface area contributed by atoms with Gasteiger partial charge in [0.2, 0.25) is 5.91 Å². The van der Waals surface area contributed by atoms with Crippen LogP contribution in [0.4, 0.5) is 5.69 Å². The van der Waals surface area contributed by atoms with Crippen LogP contribution in [0.1, 0.15) is 19.8 Å². The molecule has 0 aliphatic rings. The van der Waals surface area contributed by atoms with Crippen molar-refractivity contribution in [1.82, 2.24) is 10.2 Å². The molecule has 5 heteroatoms. The fraction of sp³-hybridized carbons (Fsp3) is 0.533. The molecule has 1 rings (SSSR count). The second-order valence-electron chi connectivity index (χ2n) is 4.83. The quantitative estimate of drug-likeness (QED) is 0.531. The molecule has 0 bridgehead atoms. The zero-order valence-electron chi connectivity index (χ0n) is 12.4. The standard InChI is InChI=1S/C15H25N3O2/c1-3-9-17-15(19)12-18(2)10-6-11-20-14-8-5-4-7-13(14)16/h4-5,7-8H,3,6,9-12,16H2,1-2H3,(H,17,19). The van der Waals surface area contributed by atoms with Gasteiger partial charge < -0.3 is 15.8 Å². The molecule has 0 spiro atoms. The lowest BCUT2D eigenvalue weighted by atomic mass is 10.3. The van der Waals surface area contributed by atoms with Crippen LogP contribution in [0.3, 0.4) is 0 Å². The Hall–Kier alpha value is -1.75. The molecular formula is C15H25N3O2. The molecule has 0 aliphatic heterocycles. The summed E-state index contributed by atoms with van der Waals surface area (Å²) in [5.41, 5.74) is 6.44. The molecule has 0 fully saturated rings. The summed E-state index contributed by atoms with van der Waals surface area (Å²) in [6, 6.07) is 7.46. The summed E-state index contributed by atoms with van der Waals surface area (Å²) >= 11 is 0. The lowest BCUT2D eigenvalue weighted by Crippen LogP contribution is -2.36. The average Bonchev–Trinajstić information content (AvgIpc) is 2.43. The Morgan fingerprint density at radius 1 is 1.40 bits per heavy atom. The van der Waals surface area contributed by atoms with Gasteiger partial charge in [0.15, 0.2) is 0 Å². The predicted octanol–water partition coefficient (Wildman–Crippen LogP) is 1.50. The van der Waals surface area contributed by atoms with E-state index in [0.717, 1.165) is 31.7 Å². The monoisotopic (exact) mass is 279 g/mol. The Morgan fingerprint density at radius 3 is 2.85 bits per heavy atom. The minimum absolute atomic E-state index is 0.0718. The Bertz CT molecular complexity index is 410. The summed E-state index contributed by atoms with van der Waals surface area (Å²) < 4.78 is 5.60. The van der Waals surface area contributed by atoms with Gasteiger partial charge in [0, 0.05) is 13.1 Å². The number of para-hydroxylation sites is 2. The van der Waals surface area contributed by atoms with Crippen molar-refractivity contribution in [3.8, 4) is 5.75 Å². The number of carbonyl (C=O) groups excluding carboxylic acids is 1. The maximum atomic E-state index is 11.5. The molecule has 5 nitrogen and oxygen atoms in total. The first kappa shape index (κ1) is 16.3. The number of amides is 1. The van der Waals surface area contributed by atoms with Crippen LogP contribution in [0.25, 0.3) is 0 Å². The van der Waals surface area contributed by atoms with E-state index in [9.17, 15) is 4.79 Å². The maximum Gasteiger partial charge on any atom is 0.234 e. The summed E-state index contributed by atoms with van der Waals surface area (Å²) in [5.74, 6) is 0.790. The van der Waals surface area contributed by atoms with Crippen molar-refractivity contribution < 1.29 is 9.53 Å². The summed E-state index contributed by atoms with van der Waals surface area (Å²) in [5, 5.41) is 2.86. The number of hydrogen-bond acceptors (Lipinski definition) is 4. The number of nitrogens with two attached hydrogens (primary N) is 1. The van der Waals surface area contributed by atoms with Crippen LogP contribution >= 0.6 is 0 Å². The van der Waals surface area contributed by atoms with Gasteiger partial charge in [-0.1, -0.05) is 19.1 Å². The highest BCUT2D eigenvalue weighted by Crippen LogP contribution is 2.19. The molecule has 3 N–H and O–H groups in total. The van der Waals surface area contributed by atoms with E-state index in [0.29, 0.717) is 18.8 Å². The van der Waals surface area contributed by atoms with Crippen molar-refractivity contribution in [1.29, 1.82) is 0 Å². The molecular weight excluding hydrogens is 254 g/mol. The van der Waals surface area contributed by atoms with Gasteiger partial charge >= 0.3 is 0 Å². The van der Waals surface area contributed by atoms with Gasteiger partial charge in [-0.3, -0.25) is 9.69 Å². The molecule has 0 unspecified atom stereocenters. The molecule has 1 aromatic carbocycles. The smallest absolute Gasteiger partial charge is 0.234 e. The van der Waals surface area contributed by atoms with Crippen molar-refractivity contribution in [2.24, 2.45) is 0 Å². The maximum absolute atomic E-state index is 11.5. The fourth-order valence-electron chi connectivity index (χ4n) is 1.77. The SMILES string of the molecule is CCCNC(=O)CN(C)CCCOc1ccccc1N. The molecule has 0 saturated carbocycles. The molecule has 0 heterocycles. The number of nitrogens with one attached hydrogen (secondary N) is 1. The van der Waals surface area contributed by atoms with E-state index in [1.165, 1.54) is 0 Å². The van der Waals surface area contributed by atoms with E-state index in [2.05, 4.69) is 5.32 Å². The van der Waals surface area contributed by atoms with Crippen molar-refractivity contribution in [3.63, 3.8) is 0 Å². The second kappa shape index (κ2) is 9.20. The lowest BCUT2D eigenvalue weighted by molar-refractivity contribution is -0.121. The van der Waals surface area contributed by atoms with Crippen LogP contribution in [-0.4, -0.2) is 44.1 Å². The highest BCUT2D eigenvalue weighted by molar-refractivity contribution is 5.77. The van der Waals surface area contributed by atoms with Crippen molar-refractivity contribution in [2.45, 2.75) is 19.8 Å². The number of nitrogens with zero attached hydrogens (tertiary/aromatic N) is 1. The van der Waals surface area contributed by atoms with E-state index in [1.807, 2.05) is 43.1 Å². The van der Waals surface area contributed by atoms with Gasteiger partial charge in [-0.15, -0.1) is 0 Å². The van der Waals surface area contributed by atoms with Crippen molar-refractivity contribution >= 4 is 11.6 Å². The molecule has 1 aromatic rings. The van der Waals surface area contributed by atoms with Crippen LogP contribution in [0.2, 0.25) is 0 Å². The molecule has 0 aromatic heterocycles. The van der Waals surface area contributed by atoms with Gasteiger partial charge in [-0.05, 0) is 32.0 Å². The van der Waals surface area contributed by atoms with E-state index in [1.54, 1.807) is 0 Å². The number of rotatable bonds is 9. The molecule has 112 valence electrons. The van der Waals surface area contributed by atoms with Gasteiger partial charge in [-0.2, -0.15) is 0 Å². The van der Waals surface area contributed by atoms with E-state index < -0.39 is 0 Å². The van der Waals surface area contributed by atoms with Gasteiger partial charge in [0.25, 0.3) is 0 Å². The number of likely N-dealkylation sites (N-methyl/N-ethyl adjacent to an activating group) is 1. The first-order valence-corrected chi connectivity index (χ1v) is 7.06. The average molecular weight is 279 g/mol. The first-order valence-electron chi connectivity index (χ1n) is 7.06. The summed E-state index contributed by atoms with van der Waals surface area (Å²) in [6.07, 6.45) is 1.81. The number of anilines is 1. The zero-order chi connectivity index (χ0) is 14.8. The molecule has 0 saturated heterocycles.